The van der Waals surface area contributed by atoms with Crippen LogP contribution in [0.15, 0.2) is 65.7 Å². The van der Waals surface area contributed by atoms with E-state index in [2.05, 4.69) is 5.10 Å². The molecule has 2 aromatic carbocycles. The van der Waals surface area contributed by atoms with Crippen LogP contribution in [0.4, 0.5) is 5.82 Å². The lowest BCUT2D eigenvalue weighted by molar-refractivity contribution is 0.416. The molecule has 0 amide bonds. The van der Waals surface area contributed by atoms with E-state index in [1.807, 2.05) is 12.1 Å². The van der Waals surface area contributed by atoms with Crippen molar-refractivity contribution in [1.29, 1.82) is 0 Å². The minimum atomic E-state index is -3.78. The van der Waals surface area contributed by atoms with Gasteiger partial charge in [0.05, 0.1) is 18.2 Å². The Hall–Kier alpha value is -2.80. The van der Waals surface area contributed by atoms with E-state index in [1.54, 1.807) is 37.4 Å². The molecule has 2 N–H and O–H groups in total. The van der Waals surface area contributed by atoms with Gasteiger partial charge in [0.15, 0.2) is 5.82 Å². The number of nitrogens with zero attached hydrogens (tertiary/aromatic N) is 2. The van der Waals surface area contributed by atoms with E-state index in [4.69, 9.17) is 10.5 Å². The maximum absolute atomic E-state index is 12.6. The summed E-state index contributed by atoms with van der Waals surface area (Å²) >= 11 is 0. The van der Waals surface area contributed by atoms with Crippen LogP contribution in [0.2, 0.25) is 0 Å². The average molecular weight is 329 g/mol. The Morgan fingerprint density at radius 2 is 1.65 bits per heavy atom. The lowest BCUT2D eigenvalue weighted by Crippen LogP contribution is -2.13. The molecule has 0 aliphatic heterocycles. The molecule has 0 saturated carbocycles. The summed E-state index contributed by atoms with van der Waals surface area (Å²) in [6, 6.07) is 15.3. The van der Waals surface area contributed by atoms with Crippen molar-refractivity contribution >= 4 is 15.8 Å². The third-order valence-corrected chi connectivity index (χ3v) is 4.95. The molecule has 0 bridgehead atoms. The van der Waals surface area contributed by atoms with E-state index < -0.39 is 10.0 Å². The number of methoxy groups -OCH3 is 1. The van der Waals surface area contributed by atoms with Crippen LogP contribution < -0.4 is 10.5 Å². The highest BCUT2D eigenvalue weighted by molar-refractivity contribution is 7.89. The van der Waals surface area contributed by atoms with Crippen molar-refractivity contribution in [2.45, 2.75) is 4.90 Å². The zero-order chi connectivity index (χ0) is 16.4. The number of rotatable bonds is 4. The number of anilines is 1. The number of aromatic nitrogens is 2. The Balaban J connectivity index is 2.12. The highest BCUT2D eigenvalue weighted by atomic mass is 32.2. The van der Waals surface area contributed by atoms with Crippen molar-refractivity contribution < 1.29 is 13.2 Å². The number of ether oxygens (including phenoxy) is 1. The number of hydrogen-bond donors (Lipinski definition) is 1. The molecular formula is C16H15N3O3S. The maximum atomic E-state index is 12.6. The summed E-state index contributed by atoms with van der Waals surface area (Å²) in [6.07, 6.45) is 1.40. The van der Waals surface area contributed by atoms with Gasteiger partial charge in [0.25, 0.3) is 10.0 Å². The monoisotopic (exact) mass is 329 g/mol. The van der Waals surface area contributed by atoms with Gasteiger partial charge in [0, 0.05) is 11.1 Å². The second-order valence-corrected chi connectivity index (χ2v) is 6.61. The Morgan fingerprint density at radius 3 is 2.35 bits per heavy atom. The Morgan fingerprint density at radius 1 is 1.00 bits per heavy atom. The standard InChI is InChI=1S/C16H15N3O3S/c1-22-15-10-6-5-9-13(15)14-11-19(18-16(14)17)23(20,21)12-7-3-2-4-8-12/h2-11H,1H3,(H2,17,18). The molecule has 0 radical (unpaired) electrons. The number of nitrogen functional groups attached to an aromatic ring is 1. The highest BCUT2D eigenvalue weighted by Crippen LogP contribution is 2.33. The van der Waals surface area contributed by atoms with E-state index in [-0.39, 0.29) is 10.7 Å². The van der Waals surface area contributed by atoms with Crippen LogP contribution in [0, 0.1) is 0 Å². The fourth-order valence-electron chi connectivity index (χ4n) is 2.26. The van der Waals surface area contributed by atoms with Gasteiger partial charge in [0.1, 0.15) is 5.75 Å². The largest absolute Gasteiger partial charge is 0.496 e. The van der Waals surface area contributed by atoms with Gasteiger partial charge in [-0.3, -0.25) is 0 Å². The second kappa shape index (κ2) is 5.77. The quantitative estimate of drug-likeness (QED) is 0.794. The molecule has 3 aromatic rings. The molecule has 1 aromatic heterocycles. The summed E-state index contributed by atoms with van der Waals surface area (Å²) in [5.41, 5.74) is 7.10. The van der Waals surface area contributed by atoms with Crippen molar-refractivity contribution in [2.75, 3.05) is 12.8 Å². The van der Waals surface area contributed by atoms with Gasteiger partial charge in [-0.1, -0.05) is 36.4 Å². The average Bonchev–Trinajstić information content (AvgIpc) is 2.98. The van der Waals surface area contributed by atoms with Crippen LogP contribution >= 0.6 is 0 Å². The van der Waals surface area contributed by atoms with Gasteiger partial charge >= 0.3 is 0 Å². The van der Waals surface area contributed by atoms with Gasteiger partial charge in [-0.05, 0) is 18.2 Å². The number of para-hydroxylation sites is 1. The molecule has 0 aliphatic carbocycles. The molecule has 23 heavy (non-hydrogen) atoms. The highest BCUT2D eigenvalue weighted by Gasteiger charge is 2.21. The predicted octanol–water partition coefficient (Wildman–Crippen LogP) is 2.38. The third-order valence-electron chi connectivity index (χ3n) is 3.41. The maximum Gasteiger partial charge on any atom is 0.283 e. The van der Waals surface area contributed by atoms with Crippen LogP contribution in [-0.4, -0.2) is 24.7 Å². The molecular weight excluding hydrogens is 314 g/mol. The zero-order valence-electron chi connectivity index (χ0n) is 12.4. The summed E-state index contributed by atoms with van der Waals surface area (Å²) in [5.74, 6) is 0.713. The molecule has 0 spiro atoms. The summed E-state index contributed by atoms with van der Waals surface area (Å²) in [6.45, 7) is 0. The number of benzene rings is 2. The molecule has 1 heterocycles. The zero-order valence-corrected chi connectivity index (χ0v) is 13.2. The van der Waals surface area contributed by atoms with Crippen LogP contribution in [0.1, 0.15) is 0 Å². The van der Waals surface area contributed by atoms with Gasteiger partial charge < -0.3 is 10.5 Å². The summed E-state index contributed by atoms with van der Waals surface area (Å²) in [5, 5.41) is 3.96. The smallest absolute Gasteiger partial charge is 0.283 e. The van der Waals surface area contributed by atoms with Crippen molar-refractivity contribution in [2.24, 2.45) is 0 Å². The van der Waals surface area contributed by atoms with E-state index in [0.717, 1.165) is 4.09 Å². The number of hydrogen-bond acceptors (Lipinski definition) is 5. The Labute approximate surface area is 134 Å². The Bertz CT molecular complexity index is 934. The molecule has 3 rings (SSSR count). The van der Waals surface area contributed by atoms with Gasteiger partial charge in [0.2, 0.25) is 0 Å². The second-order valence-electron chi connectivity index (χ2n) is 4.82. The van der Waals surface area contributed by atoms with Gasteiger partial charge in [-0.2, -0.15) is 12.5 Å². The molecule has 0 fully saturated rings. The lowest BCUT2D eigenvalue weighted by atomic mass is 10.1. The fourth-order valence-corrected chi connectivity index (χ4v) is 3.42. The van der Waals surface area contributed by atoms with Gasteiger partial charge in [-0.15, -0.1) is 5.10 Å². The third kappa shape index (κ3) is 2.66. The number of nitrogens with two attached hydrogens (primary N) is 1. The lowest BCUT2D eigenvalue weighted by Gasteiger charge is -2.06. The van der Waals surface area contributed by atoms with Crippen LogP contribution in [0.25, 0.3) is 11.1 Å². The van der Waals surface area contributed by atoms with Crippen LogP contribution in [0.3, 0.4) is 0 Å². The van der Waals surface area contributed by atoms with Crippen LogP contribution in [-0.2, 0) is 10.0 Å². The minimum Gasteiger partial charge on any atom is -0.496 e. The van der Waals surface area contributed by atoms with Crippen molar-refractivity contribution in [3.05, 3.63) is 60.8 Å². The SMILES string of the molecule is COc1ccccc1-c1cn(S(=O)(=O)c2ccccc2)nc1N. The predicted molar refractivity (Wildman–Crippen MR) is 87.7 cm³/mol. The fraction of sp³-hybridized carbons (Fsp3) is 0.0625. The molecule has 0 atom stereocenters. The summed E-state index contributed by atoms with van der Waals surface area (Å²) in [7, 11) is -2.24. The van der Waals surface area contributed by atoms with Crippen LogP contribution in [0.5, 0.6) is 5.75 Å². The molecule has 0 unspecified atom stereocenters. The summed E-state index contributed by atoms with van der Waals surface area (Å²) in [4.78, 5) is 0.147. The topological polar surface area (TPSA) is 87.2 Å². The first-order valence-corrected chi connectivity index (χ1v) is 8.27. The Kier molecular flexibility index (Phi) is 3.79. The molecule has 7 heteroatoms. The van der Waals surface area contributed by atoms with Crippen molar-refractivity contribution in [3.63, 3.8) is 0 Å². The van der Waals surface area contributed by atoms with E-state index in [9.17, 15) is 8.42 Å². The minimum absolute atomic E-state index is 0.119. The molecule has 118 valence electrons. The van der Waals surface area contributed by atoms with E-state index in [0.29, 0.717) is 16.9 Å². The first-order chi connectivity index (χ1) is 11.0. The first-order valence-electron chi connectivity index (χ1n) is 6.83. The normalized spacial score (nSPS) is 11.3. The van der Waals surface area contributed by atoms with Gasteiger partial charge in [-0.25, -0.2) is 0 Å². The summed E-state index contributed by atoms with van der Waals surface area (Å²) < 4.78 is 31.4. The van der Waals surface area contributed by atoms with E-state index >= 15 is 0 Å². The first kappa shape index (κ1) is 15.1. The molecule has 0 aliphatic rings. The van der Waals surface area contributed by atoms with Crippen molar-refractivity contribution in [1.82, 2.24) is 9.19 Å². The molecule has 6 nitrogen and oxygen atoms in total. The van der Waals surface area contributed by atoms with E-state index in [1.165, 1.54) is 18.3 Å². The molecule has 0 saturated heterocycles. The van der Waals surface area contributed by atoms with Crippen molar-refractivity contribution in [3.8, 4) is 16.9 Å².